The highest BCUT2D eigenvalue weighted by atomic mass is 19.4. The molecular weight excluding hydrogens is 538 g/mol. The number of nitrogens with zero attached hydrogens (tertiary/aromatic N) is 6. The van der Waals surface area contributed by atoms with Crippen LogP contribution >= 0.6 is 0 Å². The van der Waals surface area contributed by atoms with E-state index in [0.29, 0.717) is 40.4 Å². The number of hydrogen-bond donors (Lipinski definition) is 1. The third-order valence-corrected chi connectivity index (χ3v) is 6.44. The molecule has 1 unspecified atom stereocenters. The van der Waals surface area contributed by atoms with Crippen LogP contribution in [0, 0.1) is 12.7 Å². The molecule has 12 heteroatoms. The molecule has 1 aliphatic rings. The van der Waals surface area contributed by atoms with Gasteiger partial charge in [-0.25, -0.2) is 24.3 Å². The van der Waals surface area contributed by atoms with E-state index in [1.54, 1.807) is 38.6 Å². The van der Waals surface area contributed by atoms with Crippen LogP contribution in [-0.2, 0) is 19.8 Å². The topological polar surface area (TPSA) is 97.4 Å². The van der Waals surface area contributed by atoms with Crippen LogP contribution in [0.4, 0.5) is 23.2 Å². The Kier molecular flexibility index (Phi) is 8.60. The van der Waals surface area contributed by atoms with E-state index in [1.165, 1.54) is 29.7 Å². The molecule has 0 spiro atoms. The molecule has 4 heterocycles. The number of aryl methyl sites for hydroxylation is 1. The summed E-state index contributed by atoms with van der Waals surface area (Å²) in [5.74, 6) is 0.372. The molecule has 5 rings (SSSR count). The standard InChI is InChI=1S/C27H23F4N7O.C2H6/c1-14-4-5-22(24(37-14)27(29,30)31)34-9-16-6-19(28)7-21-20(16)8-23(38(3)26(21)39)17-10-35-25(36-11-17)18-12-32-15(2)33-13-18;1-2/h4-8,10-12,18,34H,9,13H2,1-3H3;1-2H3. The number of anilines is 1. The highest BCUT2D eigenvalue weighted by molar-refractivity contribution is 5.91. The summed E-state index contributed by atoms with van der Waals surface area (Å²) in [5, 5.41) is 3.21. The Morgan fingerprint density at radius 1 is 1.05 bits per heavy atom. The number of alkyl halides is 3. The van der Waals surface area contributed by atoms with Crippen molar-refractivity contribution in [3.05, 3.63) is 81.7 Å². The molecule has 0 aliphatic carbocycles. The van der Waals surface area contributed by atoms with Crippen LogP contribution in [-0.4, -0.2) is 38.1 Å². The maximum absolute atomic E-state index is 14.5. The summed E-state index contributed by atoms with van der Waals surface area (Å²) in [4.78, 5) is 34.2. The fourth-order valence-electron chi connectivity index (χ4n) is 4.40. The summed E-state index contributed by atoms with van der Waals surface area (Å²) in [6, 6.07) is 6.71. The highest BCUT2D eigenvalue weighted by Crippen LogP contribution is 2.34. The monoisotopic (exact) mass is 567 g/mol. The number of rotatable bonds is 5. The first-order valence-corrected chi connectivity index (χ1v) is 13.0. The number of fused-ring (bicyclic) bond motifs is 1. The zero-order valence-electron chi connectivity index (χ0n) is 23.2. The second kappa shape index (κ2) is 11.9. The Morgan fingerprint density at radius 2 is 1.76 bits per heavy atom. The van der Waals surface area contributed by atoms with Crippen molar-refractivity contribution in [3.8, 4) is 11.3 Å². The van der Waals surface area contributed by atoms with Gasteiger partial charge >= 0.3 is 6.18 Å². The van der Waals surface area contributed by atoms with Gasteiger partial charge in [-0.2, -0.15) is 13.2 Å². The summed E-state index contributed by atoms with van der Waals surface area (Å²) in [6.07, 6.45) is 0.223. The lowest BCUT2D eigenvalue weighted by atomic mass is 10.0. The van der Waals surface area contributed by atoms with E-state index in [2.05, 4.69) is 30.3 Å². The van der Waals surface area contributed by atoms with Crippen LogP contribution in [0.25, 0.3) is 22.0 Å². The summed E-state index contributed by atoms with van der Waals surface area (Å²) >= 11 is 0. The van der Waals surface area contributed by atoms with Gasteiger partial charge in [-0.05, 0) is 55.1 Å². The lowest BCUT2D eigenvalue weighted by Crippen LogP contribution is -2.20. The molecule has 4 aromatic rings. The van der Waals surface area contributed by atoms with E-state index in [1.807, 2.05) is 13.8 Å². The van der Waals surface area contributed by atoms with E-state index >= 15 is 0 Å². The van der Waals surface area contributed by atoms with Crippen molar-refractivity contribution in [2.75, 3.05) is 11.9 Å². The number of aromatic nitrogens is 4. The first kappa shape index (κ1) is 29.5. The van der Waals surface area contributed by atoms with Crippen molar-refractivity contribution >= 4 is 28.5 Å². The molecule has 8 nitrogen and oxygen atoms in total. The molecule has 0 radical (unpaired) electrons. The van der Waals surface area contributed by atoms with E-state index < -0.39 is 23.2 Å². The molecule has 214 valence electrons. The molecule has 1 aliphatic heterocycles. The second-order valence-electron chi connectivity index (χ2n) is 9.22. The van der Waals surface area contributed by atoms with Crippen LogP contribution in [0.15, 0.2) is 57.5 Å². The zero-order chi connectivity index (χ0) is 29.9. The molecule has 1 aromatic carbocycles. The maximum Gasteiger partial charge on any atom is 0.435 e. The number of pyridine rings is 2. The van der Waals surface area contributed by atoms with Gasteiger partial charge in [0.05, 0.1) is 29.2 Å². The van der Waals surface area contributed by atoms with Gasteiger partial charge in [0.25, 0.3) is 5.56 Å². The number of amidine groups is 1. The van der Waals surface area contributed by atoms with Crippen LogP contribution in [0.1, 0.15) is 49.5 Å². The lowest BCUT2D eigenvalue weighted by Gasteiger charge is -2.17. The van der Waals surface area contributed by atoms with Gasteiger partial charge in [-0.1, -0.05) is 13.8 Å². The van der Waals surface area contributed by atoms with Crippen molar-refractivity contribution in [2.24, 2.45) is 17.0 Å². The van der Waals surface area contributed by atoms with E-state index in [0.717, 1.165) is 6.07 Å². The molecular formula is C29H29F4N7O. The Bertz CT molecular complexity index is 1690. The molecule has 1 N–H and O–H groups in total. The SMILES string of the molecule is CC.CC1=NCC(c2ncc(-c3cc4c(CNc5ccc(C)nc5C(F)(F)F)cc(F)cc4c(=O)n3C)cn2)C=N1. The number of nitrogens with one attached hydrogen (secondary N) is 1. The Hall–Kier alpha value is -4.48. The molecule has 0 bridgehead atoms. The summed E-state index contributed by atoms with van der Waals surface area (Å²) in [5.41, 5.74) is -0.259. The quantitative estimate of drug-likeness (QED) is 0.295. The van der Waals surface area contributed by atoms with Crippen LogP contribution in [0.2, 0.25) is 0 Å². The largest absolute Gasteiger partial charge is 0.435 e. The first-order valence-electron chi connectivity index (χ1n) is 13.0. The van der Waals surface area contributed by atoms with Crippen molar-refractivity contribution in [3.63, 3.8) is 0 Å². The highest BCUT2D eigenvalue weighted by Gasteiger charge is 2.35. The summed E-state index contributed by atoms with van der Waals surface area (Å²) < 4.78 is 56.5. The number of halogens is 4. The number of aliphatic imine (C=N–C) groups is 2. The minimum absolute atomic E-state index is 0.0975. The van der Waals surface area contributed by atoms with E-state index in [4.69, 9.17) is 0 Å². The van der Waals surface area contributed by atoms with Crippen molar-refractivity contribution in [2.45, 2.75) is 46.3 Å². The molecule has 0 saturated heterocycles. The fraction of sp³-hybridized carbons (Fsp3) is 0.310. The second-order valence-corrected chi connectivity index (χ2v) is 9.22. The molecule has 41 heavy (non-hydrogen) atoms. The molecule has 0 saturated carbocycles. The van der Waals surface area contributed by atoms with Crippen LogP contribution < -0.4 is 10.9 Å². The molecule has 0 fully saturated rings. The zero-order valence-corrected chi connectivity index (χ0v) is 23.2. The van der Waals surface area contributed by atoms with Crippen LogP contribution in [0.5, 0.6) is 0 Å². The predicted molar refractivity (Wildman–Crippen MR) is 152 cm³/mol. The lowest BCUT2D eigenvalue weighted by molar-refractivity contribution is -0.140. The minimum Gasteiger partial charge on any atom is -0.379 e. The average molecular weight is 568 g/mol. The van der Waals surface area contributed by atoms with Gasteiger partial charge in [-0.3, -0.25) is 9.79 Å². The van der Waals surface area contributed by atoms with Gasteiger partial charge in [0.1, 0.15) is 17.5 Å². The third kappa shape index (κ3) is 6.31. The van der Waals surface area contributed by atoms with Gasteiger partial charge < -0.3 is 9.88 Å². The van der Waals surface area contributed by atoms with E-state index in [-0.39, 0.29) is 29.2 Å². The Labute approximate surface area is 233 Å². The predicted octanol–water partition coefficient (Wildman–Crippen LogP) is 6.08. The van der Waals surface area contributed by atoms with Gasteiger partial charge in [0, 0.05) is 43.5 Å². The van der Waals surface area contributed by atoms with Crippen molar-refractivity contribution in [1.29, 1.82) is 0 Å². The first-order chi connectivity index (χ1) is 19.5. The average Bonchev–Trinajstić information content (AvgIpc) is 2.95. The van der Waals surface area contributed by atoms with Crippen molar-refractivity contribution in [1.82, 2.24) is 19.5 Å². The molecule has 3 aromatic heterocycles. The van der Waals surface area contributed by atoms with Gasteiger partial charge in [0.15, 0.2) is 5.69 Å². The Balaban J connectivity index is 0.00000189. The fourth-order valence-corrected chi connectivity index (χ4v) is 4.40. The van der Waals surface area contributed by atoms with Gasteiger partial charge in [0.2, 0.25) is 0 Å². The summed E-state index contributed by atoms with van der Waals surface area (Å²) in [7, 11) is 1.55. The Morgan fingerprint density at radius 3 is 2.39 bits per heavy atom. The van der Waals surface area contributed by atoms with Crippen molar-refractivity contribution < 1.29 is 17.6 Å². The van der Waals surface area contributed by atoms with E-state index in [9.17, 15) is 22.4 Å². The molecule has 1 atom stereocenters. The summed E-state index contributed by atoms with van der Waals surface area (Å²) in [6.45, 7) is 7.58. The minimum atomic E-state index is -4.68. The van der Waals surface area contributed by atoms with Crippen LogP contribution in [0.3, 0.4) is 0 Å². The van der Waals surface area contributed by atoms with Gasteiger partial charge in [-0.15, -0.1) is 0 Å². The normalized spacial score (nSPS) is 14.9. The maximum atomic E-state index is 14.5. The smallest absolute Gasteiger partial charge is 0.379 e. The third-order valence-electron chi connectivity index (χ3n) is 6.44. The number of benzene rings is 1. The number of hydrogen-bond acceptors (Lipinski definition) is 7. The molecule has 0 amide bonds.